The summed E-state index contributed by atoms with van der Waals surface area (Å²) in [5.41, 5.74) is 1.74. The van der Waals surface area contributed by atoms with Crippen molar-refractivity contribution in [2.24, 2.45) is 4.99 Å². The van der Waals surface area contributed by atoms with Crippen LogP contribution in [0.1, 0.15) is 38.2 Å². The highest BCUT2D eigenvalue weighted by Gasteiger charge is 2.37. The Balaban J connectivity index is 1.64. The molecule has 0 aromatic heterocycles. The summed E-state index contributed by atoms with van der Waals surface area (Å²) in [6, 6.07) is 7.89. The van der Waals surface area contributed by atoms with Crippen molar-refractivity contribution < 1.29 is 9.59 Å². The Kier molecular flexibility index (Phi) is 4.19. The quantitative estimate of drug-likeness (QED) is 0.830. The molecule has 0 N–H and O–H groups in total. The van der Waals surface area contributed by atoms with Gasteiger partial charge in [-0.05, 0) is 44.7 Å². The van der Waals surface area contributed by atoms with Gasteiger partial charge in [-0.1, -0.05) is 12.1 Å². The van der Waals surface area contributed by atoms with Crippen LogP contribution < -0.4 is 4.90 Å². The topological polar surface area (TPSA) is 56.2 Å². The predicted octanol–water partition coefficient (Wildman–Crippen LogP) is 2.48. The lowest BCUT2D eigenvalue weighted by Gasteiger charge is -2.40. The van der Waals surface area contributed by atoms with Crippen molar-refractivity contribution in [1.29, 1.82) is 0 Å². The van der Waals surface area contributed by atoms with Crippen LogP contribution in [-0.4, -0.2) is 59.8 Å². The standard InChI is InChI=1S/C19H24N4O2/c1-14-7-4-5-11-21(14)17(24)13-23-16-9-3-2-8-15(16)18-20-10-6-12-22(18)19(23)25/h2-3,8-9,14H,4-7,10-13H2,1H3/t14-/m0/s1. The lowest BCUT2D eigenvalue weighted by Crippen LogP contribution is -2.56. The molecule has 1 saturated heterocycles. The zero-order chi connectivity index (χ0) is 17.4. The molecule has 1 aromatic carbocycles. The zero-order valence-electron chi connectivity index (χ0n) is 14.6. The normalized spacial score (nSPS) is 23.1. The molecule has 0 unspecified atom stereocenters. The molecular formula is C19H24N4O2. The number of urea groups is 1. The summed E-state index contributed by atoms with van der Waals surface area (Å²) in [6.07, 6.45) is 4.12. The molecule has 25 heavy (non-hydrogen) atoms. The van der Waals surface area contributed by atoms with Crippen LogP contribution in [-0.2, 0) is 4.79 Å². The minimum atomic E-state index is -0.129. The Labute approximate surface area is 148 Å². The number of hydrogen-bond acceptors (Lipinski definition) is 3. The molecule has 0 bridgehead atoms. The number of carbonyl (C=O) groups excluding carboxylic acids is 2. The molecule has 0 saturated carbocycles. The van der Waals surface area contributed by atoms with Crippen molar-refractivity contribution in [2.75, 3.05) is 31.1 Å². The van der Waals surface area contributed by atoms with Gasteiger partial charge in [0.15, 0.2) is 0 Å². The van der Waals surface area contributed by atoms with E-state index in [1.54, 1.807) is 9.80 Å². The van der Waals surface area contributed by atoms with Crippen LogP contribution in [0, 0.1) is 0 Å². The lowest BCUT2D eigenvalue weighted by molar-refractivity contribution is -0.132. The number of amidine groups is 1. The van der Waals surface area contributed by atoms with Gasteiger partial charge in [-0.25, -0.2) is 4.79 Å². The van der Waals surface area contributed by atoms with Gasteiger partial charge in [0.25, 0.3) is 0 Å². The van der Waals surface area contributed by atoms with Crippen LogP contribution in [0.25, 0.3) is 0 Å². The summed E-state index contributed by atoms with van der Waals surface area (Å²) in [5, 5.41) is 0. The second kappa shape index (κ2) is 6.50. The van der Waals surface area contributed by atoms with E-state index in [1.807, 2.05) is 29.2 Å². The van der Waals surface area contributed by atoms with Gasteiger partial charge in [-0.2, -0.15) is 0 Å². The average molecular weight is 340 g/mol. The number of anilines is 1. The Bertz CT molecular complexity index is 730. The second-order valence-corrected chi connectivity index (χ2v) is 7.03. The molecule has 132 valence electrons. The summed E-state index contributed by atoms with van der Waals surface area (Å²) in [5.74, 6) is 0.787. The number of benzene rings is 1. The smallest absolute Gasteiger partial charge is 0.330 e. The van der Waals surface area contributed by atoms with Crippen molar-refractivity contribution >= 4 is 23.5 Å². The van der Waals surface area contributed by atoms with Crippen LogP contribution >= 0.6 is 0 Å². The van der Waals surface area contributed by atoms with E-state index in [-0.39, 0.29) is 24.5 Å². The number of para-hydroxylation sites is 1. The SMILES string of the molecule is C[C@H]1CCCCN1C(=O)CN1C(=O)N2CCCN=C2c2ccccc21. The van der Waals surface area contributed by atoms with Gasteiger partial charge in [-0.15, -0.1) is 0 Å². The first-order valence-corrected chi connectivity index (χ1v) is 9.19. The van der Waals surface area contributed by atoms with Crippen LogP contribution in [0.5, 0.6) is 0 Å². The molecule has 6 heteroatoms. The highest BCUT2D eigenvalue weighted by Crippen LogP contribution is 2.30. The minimum absolute atomic E-state index is 0.0350. The summed E-state index contributed by atoms with van der Waals surface area (Å²) in [7, 11) is 0. The molecule has 1 fully saturated rings. The molecule has 0 aliphatic carbocycles. The summed E-state index contributed by atoms with van der Waals surface area (Å²) in [6.45, 7) is 4.40. The molecule has 3 aliphatic rings. The van der Waals surface area contributed by atoms with Crippen LogP contribution in [0.3, 0.4) is 0 Å². The van der Waals surface area contributed by atoms with Gasteiger partial charge in [-0.3, -0.25) is 19.6 Å². The number of hydrogen-bond donors (Lipinski definition) is 0. The van der Waals surface area contributed by atoms with E-state index in [0.717, 1.165) is 49.4 Å². The molecule has 1 atom stereocenters. The summed E-state index contributed by atoms with van der Waals surface area (Å²) < 4.78 is 0. The number of rotatable bonds is 2. The fourth-order valence-electron chi connectivity index (χ4n) is 4.02. The van der Waals surface area contributed by atoms with E-state index in [9.17, 15) is 9.59 Å². The van der Waals surface area contributed by atoms with Gasteiger partial charge in [0.1, 0.15) is 12.4 Å². The highest BCUT2D eigenvalue weighted by molar-refractivity contribution is 6.20. The first-order valence-electron chi connectivity index (χ1n) is 9.19. The Morgan fingerprint density at radius 3 is 2.88 bits per heavy atom. The van der Waals surface area contributed by atoms with Gasteiger partial charge in [0.05, 0.1) is 5.69 Å². The minimum Gasteiger partial charge on any atom is -0.338 e. The molecule has 3 heterocycles. The van der Waals surface area contributed by atoms with Crippen molar-refractivity contribution in [3.05, 3.63) is 29.8 Å². The Morgan fingerprint density at radius 2 is 2.04 bits per heavy atom. The summed E-state index contributed by atoms with van der Waals surface area (Å²) >= 11 is 0. The molecule has 4 rings (SSSR count). The van der Waals surface area contributed by atoms with E-state index in [1.165, 1.54) is 6.42 Å². The number of amides is 3. The highest BCUT2D eigenvalue weighted by atomic mass is 16.2. The van der Waals surface area contributed by atoms with Crippen LogP contribution in [0.4, 0.5) is 10.5 Å². The molecular weight excluding hydrogens is 316 g/mol. The first kappa shape index (κ1) is 16.1. The molecule has 3 amide bonds. The number of aliphatic imine (C=N–C) groups is 1. The molecule has 0 spiro atoms. The van der Waals surface area contributed by atoms with Crippen molar-refractivity contribution in [2.45, 2.75) is 38.6 Å². The average Bonchev–Trinajstić information content (AvgIpc) is 2.65. The van der Waals surface area contributed by atoms with Crippen molar-refractivity contribution in [3.8, 4) is 0 Å². The first-order chi connectivity index (χ1) is 12.2. The molecule has 1 aromatic rings. The number of fused-ring (bicyclic) bond motifs is 3. The number of carbonyl (C=O) groups is 2. The van der Waals surface area contributed by atoms with E-state index in [0.29, 0.717) is 6.54 Å². The third-order valence-electron chi connectivity index (χ3n) is 5.37. The van der Waals surface area contributed by atoms with Crippen LogP contribution in [0.2, 0.25) is 0 Å². The van der Waals surface area contributed by atoms with Crippen LogP contribution in [0.15, 0.2) is 29.3 Å². The third-order valence-corrected chi connectivity index (χ3v) is 5.37. The monoisotopic (exact) mass is 340 g/mol. The number of piperidine rings is 1. The maximum absolute atomic E-state index is 13.0. The zero-order valence-corrected chi connectivity index (χ0v) is 14.6. The fourth-order valence-corrected chi connectivity index (χ4v) is 4.02. The van der Waals surface area contributed by atoms with Gasteiger partial charge in [0, 0.05) is 31.2 Å². The molecule has 0 radical (unpaired) electrons. The Hall–Kier alpha value is -2.37. The maximum Gasteiger partial charge on any atom is 0.330 e. The predicted molar refractivity (Wildman–Crippen MR) is 96.9 cm³/mol. The largest absolute Gasteiger partial charge is 0.338 e. The van der Waals surface area contributed by atoms with E-state index in [4.69, 9.17) is 0 Å². The third kappa shape index (κ3) is 2.79. The van der Waals surface area contributed by atoms with Gasteiger partial charge in [0.2, 0.25) is 5.91 Å². The van der Waals surface area contributed by atoms with Gasteiger partial charge < -0.3 is 4.90 Å². The lowest BCUT2D eigenvalue weighted by atomic mass is 10.0. The van der Waals surface area contributed by atoms with E-state index >= 15 is 0 Å². The van der Waals surface area contributed by atoms with E-state index in [2.05, 4.69) is 11.9 Å². The second-order valence-electron chi connectivity index (χ2n) is 7.03. The van der Waals surface area contributed by atoms with Crippen molar-refractivity contribution in [3.63, 3.8) is 0 Å². The van der Waals surface area contributed by atoms with E-state index < -0.39 is 0 Å². The maximum atomic E-state index is 13.0. The molecule has 3 aliphatic heterocycles. The Morgan fingerprint density at radius 1 is 1.20 bits per heavy atom. The molecule has 6 nitrogen and oxygen atoms in total. The van der Waals surface area contributed by atoms with Gasteiger partial charge >= 0.3 is 6.03 Å². The fraction of sp³-hybridized carbons (Fsp3) is 0.526. The summed E-state index contributed by atoms with van der Waals surface area (Å²) in [4.78, 5) is 35.7. The van der Waals surface area contributed by atoms with Crippen molar-refractivity contribution in [1.82, 2.24) is 9.80 Å². The number of likely N-dealkylation sites (tertiary alicyclic amines) is 1. The number of nitrogens with zero attached hydrogens (tertiary/aromatic N) is 4.